The van der Waals surface area contributed by atoms with Gasteiger partial charge in [0.05, 0.1) is 17.7 Å². The first-order valence-electron chi connectivity index (χ1n) is 15.0. The van der Waals surface area contributed by atoms with E-state index in [2.05, 4.69) is 10.9 Å². The quantitative estimate of drug-likeness (QED) is 0.182. The van der Waals surface area contributed by atoms with E-state index in [-0.39, 0.29) is 32.7 Å². The van der Waals surface area contributed by atoms with Gasteiger partial charge in [0, 0.05) is 31.1 Å². The summed E-state index contributed by atoms with van der Waals surface area (Å²) < 4.78 is 24.0. The number of rotatable bonds is 10. The highest BCUT2D eigenvalue weighted by atomic mass is 35.5. The topological polar surface area (TPSA) is 102 Å². The number of ether oxygens (including phenoxy) is 4. The normalized spacial score (nSPS) is 17.3. The Bertz CT molecular complexity index is 1800. The fraction of sp³-hybridized carbons (Fsp3) is 0.278. The molecule has 1 saturated heterocycles. The van der Waals surface area contributed by atoms with E-state index in [9.17, 15) is 15.0 Å². The second-order valence-corrected chi connectivity index (χ2v) is 11.8. The van der Waals surface area contributed by atoms with Gasteiger partial charge in [-0.1, -0.05) is 54.1 Å². The predicted octanol–water partition coefficient (Wildman–Crippen LogP) is 6.82. The minimum atomic E-state index is -0.991. The summed E-state index contributed by atoms with van der Waals surface area (Å²) in [4.78, 5) is 17.1. The van der Waals surface area contributed by atoms with Crippen LogP contribution in [0.1, 0.15) is 28.7 Å². The molecule has 0 saturated carbocycles. The zero-order chi connectivity index (χ0) is 32.2. The number of carboxylic acids is 1. The molecule has 4 aromatic rings. The fourth-order valence-corrected chi connectivity index (χ4v) is 6.11. The average Bonchev–Trinajstić information content (AvgIpc) is 3.44. The van der Waals surface area contributed by atoms with Gasteiger partial charge in [-0.2, -0.15) is 0 Å². The Morgan fingerprint density at radius 1 is 0.978 bits per heavy atom. The second kappa shape index (κ2) is 13.7. The summed E-state index contributed by atoms with van der Waals surface area (Å²) in [5.41, 5.74) is 6.06. The minimum Gasteiger partial charge on any atom is -0.488 e. The lowest BCUT2D eigenvalue weighted by Crippen LogP contribution is -2.35. The molecule has 236 valence electrons. The van der Waals surface area contributed by atoms with Crippen LogP contribution >= 0.6 is 11.6 Å². The Kier molecular flexibility index (Phi) is 9.31. The molecule has 9 nitrogen and oxygen atoms in total. The van der Waals surface area contributed by atoms with Crippen LogP contribution in [0.2, 0.25) is 5.02 Å². The monoisotopic (exact) mass is 640 g/mol. The number of aliphatic carboxylic acids is 1. The standard InChI is InChI=1S/C36H33ClN2O7/c1-22-25(6-4-8-29(22)24-9-10-32-35(15-24)44-12-11-43-32)21-46-34-17-33(45-20-23-5-3-7-27(13-23)38-2)26(14-30(34)37)18-39-19-28(40)16-31(39)36(41)42/h3-10,13-15,17,28,31,40H,11-12,16,18-21H2,1H3,(H,41,42)/t28-,31-/m1/s1. The SMILES string of the molecule is [C-]#[N+]c1cccc(COc2cc(OCc3cccc(-c4ccc5c(c4)OCCO5)c3C)c(Cl)cc2CN2C[C@H](O)C[C@@H]2C(=O)O)c1. The highest BCUT2D eigenvalue weighted by Gasteiger charge is 2.36. The van der Waals surface area contributed by atoms with Gasteiger partial charge in [-0.05, 0) is 59.0 Å². The van der Waals surface area contributed by atoms with Crippen LogP contribution in [-0.2, 0) is 24.6 Å². The van der Waals surface area contributed by atoms with Crippen molar-refractivity contribution in [3.63, 3.8) is 0 Å². The number of aliphatic hydroxyl groups is 1. The number of carbonyl (C=O) groups is 1. The van der Waals surface area contributed by atoms with Gasteiger partial charge in [0.2, 0.25) is 0 Å². The number of benzene rings is 4. The molecule has 4 aromatic carbocycles. The van der Waals surface area contributed by atoms with Crippen molar-refractivity contribution in [3.8, 4) is 34.1 Å². The summed E-state index contributed by atoms with van der Waals surface area (Å²) in [6.45, 7) is 11.3. The van der Waals surface area contributed by atoms with Crippen molar-refractivity contribution < 1.29 is 34.0 Å². The molecule has 2 aliphatic rings. The summed E-state index contributed by atoms with van der Waals surface area (Å²) >= 11 is 6.75. The number of hydrogen-bond donors (Lipinski definition) is 2. The van der Waals surface area contributed by atoms with E-state index in [1.54, 1.807) is 35.2 Å². The number of aliphatic hydroxyl groups excluding tert-OH is 1. The summed E-state index contributed by atoms with van der Waals surface area (Å²) in [6.07, 6.45) is -0.588. The van der Waals surface area contributed by atoms with Crippen LogP contribution in [-0.4, -0.2) is 53.0 Å². The van der Waals surface area contributed by atoms with Crippen molar-refractivity contribution in [1.82, 2.24) is 4.90 Å². The van der Waals surface area contributed by atoms with Gasteiger partial charge in [0.15, 0.2) is 17.2 Å². The first kappa shape index (κ1) is 31.2. The molecule has 0 radical (unpaired) electrons. The van der Waals surface area contributed by atoms with E-state index < -0.39 is 18.1 Å². The van der Waals surface area contributed by atoms with Crippen molar-refractivity contribution in [2.45, 2.75) is 45.2 Å². The van der Waals surface area contributed by atoms with Crippen molar-refractivity contribution >= 4 is 23.3 Å². The molecule has 0 bridgehead atoms. The van der Waals surface area contributed by atoms with Crippen LogP contribution in [0.4, 0.5) is 5.69 Å². The smallest absolute Gasteiger partial charge is 0.321 e. The molecule has 1 fully saturated rings. The molecule has 10 heteroatoms. The molecule has 46 heavy (non-hydrogen) atoms. The maximum absolute atomic E-state index is 11.9. The Balaban J connectivity index is 1.25. The lowest BCUT2D eigenvalue weighted by molar-refractivity contribution is -0.142. The van der Waals surface area contributed by atoms with Crippen LogP contribution in [0.15, 0.2) is 72.8 Å². The molecule has 0 amide bonds. The first-order chi connectivity index (χ1) is 22.3. The molecular formula is C36H33ClN2O7. The third kappa shape index (κ3) is 6.90. The van der Waals surface area contributed by atoms with Crippen molar-refractivity contribution in [2.75, 3.05) is 19.8 Å². The van der Waals surface area contributed by atoms with E-state index in [1.165, 1.54) is 0 Å². The molecule has 0 unspecified atom stereocenters. The van der Waals surface area contributed by atoms with Gasteiger partial charge < -0.3 is 29.2 Å². The number of β-amino-alcohol motifs (C(OH)–C–C–N with tert-alkyl or cyclic N) is 1. The van der Waals surface area contributed by atoms with Crippen LogP contribution in [0.25, 0.3) is 16.0 Å². The van der Waals surface area contributed by atoms with E-state index in [1.807, 2.05) is 43.3 Å². The summed E-state index contributed by atoms with van der Waals surface area (Å²) in [5, 5.41) is 20.3. The third-order valence-corrected chi connectivity index (χ3v) is 8.57. The Morgan fingerprint density at radius 3 is 2.57 bits per heavy atom. The molecule has 0 spiro atoms. The average molecular weight is 641 g/mol. The van der Waals surface area contributed by atoms with Gasteiger partial charge in [-0.3, -0.25) is 9.69 Å². The molecule has 0 aliphatic carbocycles. The third-order valence-electron chi connectivity index (χ3n) is 8.27. The number of halogens is 1. The minimum absolute atomic E-state index is 0.147. The van der Waals surface area contributed by atoms with E-state index >= 15 is 0 Å². The zero-order valence-corrected chi connectivity index (χ0v) is 26.0. The van der Waals surface area contributed by atoms with Gasteiger partial charge >= 0.3 is 5.97 Å². The van der Waals surface area contributed by atoms with E-state index in [4.69, 9.17) is 37.1 Å². The maximum atomic E-state index is 11.9. The lowest BCUT2D eigenvalue weighted by atomic mass is 9.96. The molecule has 2 heterocycles. The van der Waals surface area contributed by atoms with Crippen LogP contribution in [0.3, 0.4) is 0 Å². The molecule has 0 aromatic heterocycles. The molecule has 2 aliphatic heterocycles. The molecule has 2 N–H and O–H groups in total. The Hall–Kier alpha value is -4.75. The second-order valence-electron chi connectivity index (χ2n) is 11.4. The number of carboxylic acid groups (broad SMARTS) is 1. The highest BCUT2D eigenvalue weighted by Crippen LogP contribution is 2.38. The molecule has 6 rings (SSSR count). The van der Waals surface area contributed by atoms with Gasteiger partial charge in [-0.15, -0.1) is 0 Å². The van der Waals surface area contributed by atoms with E-state index in [0.717, 1.165) is 39.3 Å². The number of fused-ring (bicyclic) bond motifs is 1. The number of hydrogen-bond acceptors (Lipinski definition) is 7. The zero-order valence-electron chi connectivity index (χ0n) is 25.2. The molecular weight excluding hydrogens is 608 g/mol. The van der Waals surface area contributed by atoms with Crippen molar-refractivity contribution in [2.24, 2.45) is 0 Å². The summed E-state index contributed by atoms with van der Waals surface area (Å²) in [5.74, 6) is 1.36. The fourth-order valence-electron chi connectivity index (χ4n) is 5.87. The Morgan fingerprint density at radius 2 is 1.76 bits per heavy atom. The number of nitrogens with zero attached hydrogens (tertiary/aromatic N) is 2. The summed E-state index contributed by atoms with van der Waals surface area (Å²) in [6, 6.07) is 21.8. The van der Waals surface area contributed by atoms with E-state index in [0.29, 0.717) is 41.0 Å². The van der Waals surface area contributed by atoms with Crippen LogP contribution in [0, 0.1) is 13.5 Å². The maximum Gasteiger partial charge on any atom is 0.321 e. The van der Waals surface area contributed by atoms with Gasteiger partial charge in [0.1, 0.15) is 44.0 Å². The number of likely N-dealkylation sites (tertiary alicyclic amines) is 1. The lowest BCUT2D eigenvalue weighted by Gasteiger charge is -2.23. The van der Waals surface area contributed by atoms with Gasteiger partial charge in [0.25, 0.3) is 0 Å². The van der Waals surface area contributed by atoms with Crippen molar-refractivity contribution in [3.05, 3.63) is 111 Å². The molecule has 2 atom stereocenters. The largest absolute Gasteiger partial charge is 0.488 e. The Labute approximate surface area is 272 Å². The first-order valence-corrected chi connectivity index (χ1v) is 15.3. The predicted molar refractivity (Wildman–Crippen MR) is 173 cm³/mol. The summed E-state index contributed by atoms with van der Waals surface area (Å²) in [7, 11) is 0. The van der Waals surface area contributed by atoms with Crippen LogP contribution < -0.4 is 18.9 Å². The highest BCUT2D eigenvalue weighted by molar-refractivity contribution is 6.32. The van der Waals surface area contributed by atoms with Crippen molar-refractivity contribution in [1.29, 1.82) is 0 Å². The van der Waals surface area contributed by atoms with Gasteiger partial charge in [-0.25, -0.2) is 4.85 Å². The van der Waals surface area contributed by atoms with Crippen LogP contribution in [0.5, 0.6) is 23.0 Å².